The van der Waals surface area contributed by atoms with Crippen molar-refractivity contribution >= 4 is 34.1 Å². The summed E-state index contributed by atoms with van der Waals surface area (Å²) in [7, 11) is 1.62. The van der Waals surface area contributed by atoms with Gasteiger partial charge < -0.3 is 4.74 Å². The van der Waals surface area contributed by atoms with E-state index in [9.17, 15) is 4.79 Å². The fraction of sp³-hybridized carbons (Fsp3) is 0.100. The molecule has 0 heterocycles. The molecule has 3 aromatic rings. The van der Waals surface area contributed by atoms with E-state index in [1.807, 2.05) is 67.6 Å². The van der Waals surface area contributed by atoms with Crippen LogP contribution in [0.4, 0.5) is 0 Å². The lowest BCUT2D eigenvalue weighted by atomic mass is 10.1. The molecule has 0 atom stereocenters. The second kappa shape index (κ2) is 6.81. The summed E-state index contributed by atoms with van der Waals surface area (Å²) in [5.74, 6) is 0.423. The predicted molar refractivity (Wildman–Crippen MR) is 100 cm³/mol. The van der Waals surface area contributed by atoms with Gasteiger partial charge in [0.2, 0.25) is 0 Å². The smallest absolute Gasteiger partial charge is 0.271 e. The molecule has 0 aliphatic rings. The topological polar surface area (TPSA) is 29.5 Å². The highest BCUT2D eigenvalue weighted by Crippen LogP contribution is 2.21. The Balaban J connectivity index is 1.76. The van der Waals surface area contributed by atoms with Crippen molar-refractivity contribution in [3.8, 4) is 5.75 Å². The molecule has 3 rings (SSSR count). The maximum Gasteiger partial charge on any atom is 0.271 e. The van der Waals surface area contributed by atoms with Crippen LogP contribution >= 0.6 is 12.2 Å². The number of benzene rings is 3. The first kappa shape index (κ1) is 16.1. The molecule has 0 radical (unpaired) electrons. The SMILES string of the molecule is Cc1cccc(C(=O)N(C)C(=S)Oc2ccc3ccccc3c2)c1. The lowest BCUT2D eigenvalue weighted by Crippen LogP contribution is -2.35. The summed E-state index contributed by atoms with van der Waals surface area (Å²) in [4.78, 5) is 13.8. The third-order valence-electron chi connectivity index (χ3n) is 3.77. The van der Waals surface area contributed by atoms with E-state index >= 15 is 0 Å². The number of amides is 1. The minimum atomic E-state index is -0.190. The number of nitrogens with zero attached hydrogens (tertiary/aromatic N) is 1. The average molecular weight is 335 g/mol. The van der Waals surface area contributed by atoms with Crippen molar-refractivity contribution < 1.29 is 9.53 Å². The molecule has 0 aliphatic carbocycles. The van der Waals surface area contributed by atoms with Crippen LogP contribution in [0.15, 0.2) is 66.7 Å². The quantitative estimate of drug-likeness (QED) is 0.642. The Labute approximate surface area is 146 Å². The number of carbonyl (C=O) groups excluding carboxylic acids is 1. The van der Waals surface area contributed by atoms with Gasteiger partial charge >= 0.3 is 0 Å². The van der Waals surface area contributed by atoms with Gasteiger partial charge in [-0.05, 0) is 54.2 Å². The van der Waals surface area contributed by atoms with Crippen LogP contribution in [0.5, 0.6) is 5.75 Å². The normalized spacial score (nSPS) is 10.4. The highest BCUT2D eigenvalue weighted by atomic mass is 32.1. The Morgan fingerprint density at radius 3 is 2.46 bits per heavy atom. The van der Waals surface area contributed by atoms with Gasteiger partial charge in [0.15, 0.2) is 0 Å². The molecule has 3 nitrogen and oxygen atoms in total. The molecule has 0 saturated carbocycles. The number of hydrogen-bond donors (Lipinski definition) is 0. The number of thiocarbonyl (C=S) groups is 1. The van der Waals surface area contributed by atoms with E-state index in [2.05, 4.69) is 0 Å². The summed E-state index contributed by atoms with van der Waals surface area (Å²) in [6, 6.07) is 21.1. The average Bonchev–Trinajstić information content (AvgIpc) is 2.60. The van der Waals surface area contributed by atoms with Crippen molar-refractivity contribution in [1.82, 2.24) is 4.90 Å². The molecule has 120 valence electrons. The van der Waals surface area contributed by atoms with Crippen LogP contribution in [-0.2, 0) is 0 Å². The fourth-order valence-corrected chi connectivity index (χ4v) is 2.63. The molecular weight excluding hydrogens is 318 g/mol. The zero-order valence-corrected chi connectivity index (χ0v) is 14.3. The first-order valence-electron chi connectivity index (χ1n) is 7.60. The molecule has 0 aromatic heterocycles. The molecule has 4 heteroatoms. The maximum atomic E-state index is 12.5. The van der Waals surface area contributed by atoms with Crippen LogP contribution < -0.4 is 4.74 Å². The molecular formula is C20H17NO2S. The van der Waals surface area contributed by atoms with E-state index in [0.717, 1.165) is 16.3 Å². The summed E-state index contributed by atoms with van der Waals surface area (Å²) < 4.78 is 5.69. The minimum absolute atomic E-state index is 0.122. The van der Waals surface area contributed by atoms with Crippen molar-refractivity contribution in [3.05, 3.63) is 77.9 Å². The lowest BCUT2D eigenvalue weighted by molar-refractivity contribution is 0.0859. The molecule has 0 spiro atoms. The summed E-state index contributed by atoms with van der Waals surface area (Å²) >= 11 is 5.27. The largest absolute Gasteiger partial charge is 0.431 e. The zero-order chi connectivity index (χ0) is 17.1. The summed E-state index contributed by atoms with van der Waals surface area (Å²) in [6.07, 6.45) is 0. The van der Waals surface area contributed by atoms with Gasteiger partial charge in [0, 0.05) is 12.6 Å². The van der Waals surface area contributed by atoms with Crippen LogP contribution in [0.2, 0.25) is 0 Å². The van der Waals surface area contributed by atoms with Gasteiger partial charge in [-0.15, -0.1) is 0 Å². The van der Waals surface area contributed by atoms with E-state index in [1.165, 1.54) is 4.90 Å². The Morgan fingerprint density at radius 2 is 1.71 bits per heavy atom. The second-order valence-electron chi connectivity index (χ2n) is 5.61. The minimum Gasteiger partial charge on any atom is -0.431 e. The molecule has 0 unspecified atom stereocenters. The molecule has 3 aromatic carbocycles. The van der Waals surface area contributed by atoms with Crippen molar-refractivity contribution in [1.29, 1.82) is 0 Å². The zero-order valence-electron chi connectivity index (χ0n) is 13.5. The van der Waals surface area contributed by atoms with E-state index in [0.29, 0.717) is 11.3 Å². The molecule has 0 saturated heterocycles. The summed E-state index contributed by atoms with van der Waals surface area (Å²) in [5.41, 5.74) is 1.61. The van der Waals surface area contributed by atoms with Crippen molar-refractivity contribution in [2.45, 2.75) is 6.92 Å². The number of rotatable bonds is 2. The van der Waals surface area contributed by atoms with Crippen molar-refractivity contribution in [2.75, 3.05) is 7.05 Å². The van der Waals surface area contributed by atoms with Crippen LogP contribution in [0.3, 0.4) is 0 Å². The van der Waals surface area contributed by atoms with Crippen molar-refractivity contribution in [3.63, 3.8) is 0 Å². The molecule has 0 N–H and O–H groups in total. The van der Waals surface area contributed by atoms with Crippen LogP contribution in [0.25, 0.3) is 10.8 Å². The fourth-order valence-electron chi connectivity index (χ4n) is 2.45. The summed E-state index contributed by atoms with van der Waals surface area (Å²) in [6.45, 7) is 1.95. The summed E-state index contributed by atoms with van der Waals surface area (Å²) in [5, 5.41) is 2.31. The first-order valence-corrected chi connectivity index (χ1v) is 8.01. The molecule has 0 bridgehead atoms. The maximum absolute atomic E-state index is 12.5. The van der Waals surface area contributed by atoms with Gasteiger partial charge in [-0.1, -0.05) is 48.0 Å². The van der Waals surface area contributed by atoms with Crippen LogP contribution in [0, 0.1) is 6.92 Å². The van der Waals surface area contributed by atoms with E-state index in [4.69, 9.17) is 17.0 Å². The standard InChI is InChI=1S/C20H17NO2S/c1-14-6-5-9-17(12-14)19(22)21(2)20(24)23-18-11-10-15-7-3-4-8-16(15)13-18/h3-13H,1-2H3. The van der Waals surface area contributed by atoms with Gasteiger partial charge in [0.25, 0.3) is 11.1 Å². The number of carbonyl (C=O) groups is 1. The highest BCUT2D eigenvalue weighted by Gasteiger charge is 2.17. The number of fused-ring (bicyclic) bond motifs is 1. The third-order valence-corrected chi connectivity index (χ3v) is 4.13. The van der Waals surface area contributed by atoms with Gasteiger partial charge in [0.05, 0.1) is 0 Å². The Bertz CT molecular complexity index is 920. The third kappa shape index (κ3) is 3.44. The number of aryl methyl sites for hydroxylation is 1. The van der Waals surface area contributed by atoms with Crippen LogP contribution in [-0.4, -0.2) is 23.0 Å². The molecule has 24 heavy (non-hydrogen) atoms. The first-order chi connectivity index (χ1) is 11.5. The van der Waals surface area contributed by atoms with Crippen molar-refractivity contribution in [2.24, 2.45) is 0 Å². The van der Waals surface area contributed by atoms with Gasteiger partial charge in [0.1, 0.15) is 5.75 Å². The van der Waals surface area contributed by atoms with E-state index in [-0.39, 0.29) is 11.1 Å². The Morgan fingerprint density at radius 1 is 0.958 bits per heavy atom. The number of ether oxygens (including phenoxy) is 1. The lowest BCUT2D eigenvalue weighted by Gasteiger charge is -2.18. The molecule has 0 aliphatic heterocycles. The predicted octanol–water partition coefficient (Wildman–Crippen LogP) is 4.58. The van der Waals surface area contributed by atoms with Gasteiger partial charge in [-0.3, -0.25) is 9.69 Å². The van der Waals surface area contributed by atoms with Gasteiger partial charge in [-0.2, -0.15) is 0 Å². The Hall–Kier alpha value is -2.72. The van der Waals surface area contributed by atoms with E-state index < -0.39 is 0 Å². The number of hydrogen-bond acceptors (Lipinski definition) is 3. The van der Waals surface area contributed by atoms with Gasteiger partial charge in [-0.25, -0.2) is 0 Å². The molecule has 0 fully saturated rings. The highest BCUT2D eigenvalue weighted by molar-refractivity contribution is 7.80. The monoisotopic (exact) mass is 335 g/mol. The van der Waals surface area contributed by atoms with E-state index in [1.54, 1.807) is 13.1 Å². The molecule has 1 amide bonds. The Kier molecular flexibility index (Phi) is 4.58. The van der Waals surface area contributed by atoms with Crippen LogP contribution in [0.1, 0.15) is 15.9 Å². The second-order valence-corrected chi connectivity index (χ2v) is 5.96.